The van der Waals surface area contributed by atoms with Crippen molar-refractivity contribution >= 4 is 5.69 Å². The van der Waals surface area contributed by atoms with E-state index in [1.54, 1.807) is 0 Å². The molecule has 0 saturated carbocycles. The van der Waals surface area contributed by atoms with Crippen LogP contribution in [0.15, 0.2) is 18.3 Å². The van der Waals surface area contributed by atoms with Crippen LogP contribution in [0.4, 0.5) is 5.69 Å². The second-order valence-electron chi connectivity index (χ2n) is 2.60. The first-order valence-electron chi connectivity index (χ1n) is 4.17. The normalized spacial score (nSPS) is 9.79. The maximum absolute atomic E-state index is 10.4. The van der Waals surface area contributed by atoms with Crippen LogP contribution in [0.3, 0.4) is 0 Å². The zero-order valence-corrected chi connectivity index (χ0v) is 7.55. The fourth-order valence-electron chi connectivity index (χ4n) is 0.852. The molecule has 14 heavy (non-hydrogen) atoms. The minimum atomic E-state index is -0.489. The first-order chi connectivity index (χ1) is 6.74. The van der Waals surface area contributed by atoms with Crippen molar-refractivity contribution in [1.29, 1.82) is 0 Å². The third-order valence-electron chi connectivity index (χ3n) is 1.53. The van der Waals surface area contributed by atoms with Crippen LogP contribution < -0.4 is 10.5 Å². The predicted octanol–water partition coefficient (Wildman–Crippen LogP) is 0.717. The second-order valence-corrected chi connectivity index (χ2v) is 2.60. The molecule has 0 amide bonds. The molecule has 0 spiro atoms. The van der Waals surface area contributed by atoms with Crippen molar-refractivity contribution in [3.8, 4) is 5.88 Å². The number of nitrogens with zero attached hydrogens (tertiary/aromatic N) is 2. The smallest absolute Gasteiger partial charge is 0.276 e. The van der Waals surface area contributed by atoms with Crippen molar-refractivity contribution in [3.63, 3.8) is 0 Å². The molecule has 0 radical (unpaired) electrons. The predicted molar refractivity (Wildman–Crippen MR) is 50.1 cm³/mol. The van der Waals surface area contributed by atoms with E-state index in [0.29, 0.717) is 19.6 Å². The van der Waals surface area contributed by atoms with Crippen LogP contribution in [-0.4, -0.2) is 23.1 Å². The lowest BCUT2D eigenvalue weighted by atomic mass is 10.4. The SMILES string of the molecule is NCCCOc1cc([N+](=O)[O-])ccn1. The van der Waals surface area contributed by atoms with Crippen LogP contribution in [0.1, 0.15) is 6.42 Å². The molecule has 0 bridgehead atoms. The molecular weight excluding hydrogens is 186 g/mol. The molecule has 2 N–H and O–H groups in total. The topological polar surface area (TPSA) is 91.3 Å². The number of pyridine rings is 1. The van der Waals surface area contributed by atoms with Gasteiger partial charge in [0.2, 0.25) is 5.88 Å². The molecule has 0 fully saturated rings. The highest BCUT2D eigenvalue weighted by atomic mass is 16.6. The van der Waals surface area contributed by atoms with Gasteiger partial charge < -0.3 is 10.5 Å². The Morgan fingerprint density at radius 2 is 2.43 bits per heavy atom. The molecule has 1 heterocycles. The van der Waals surface area contributed by atoms with Crippen molar-refractivity contribution in [2.75, 3.05) is 13.2 Å². The number of aromatic nitrogens is 1. The van der Waals surface area contributed by atoms with E-state index < -0.39 is 4.92 Å². The highest BCUT2D eigenvalue weighted by Crippen LogP contribution is 2.15. The summed E-state index contributed by atoms with van der Waals surface area (Å²) < 4.78 is 5.14. The Labute approximate surface area is 80.9 Å². The van der Waals surface area contributed by atoms with Crippen molar-refractivity contribution in [2.24, 2.45) is 5.73 Å². The molecule has 1 aromatic heterocycles. The van der Waals surface area contributed by atoms with Crippen LogP contribution in [0.5, 0.6) is 5.88 Å². The van der Waals surface area contributed by atoms with Gasteiger partial charge in [-0.25, -0.2) is 4.98 Å². The summed E-state index contributed by atoms with van der Waals surface area (Å²) in [5.41, 5.74) is 5.24. The van der Waals surface area contributed by atoms with Crippen LogP contribution in [0, 0.1) is 10.1 Å². The van der Waals surface area contributed by atoms with E-state index in [1.165, 1.54) is 18.3 Å². The molecule has 0 aromatic carbocycles. The third kappa shape index (κ3) is 2.98. The Bertz CT molecular complexity index is 316. The summed E-state index contributed by atoms with van der Waals surface area (Å²) in [6.07, 6.45) is 2.04. The van der Waals surface area contributed by atoms with Gasteiger partial charge in [0, 0.05) is 12.3 Å². The molecule has 0 atom stereocenters. The van der Waals surface area contributed by atoms with Crippen molar-refractivity contribution < 1.29 is 9.66 Å². The van der Waals surface area contributed by atoms with E-state index in [-0.39, 0.29) is 11.6 Å². The van der Waals surface area contributed by atoms with E-state index in [2.05, 4.69) is 4.98 Å². The fraction of sp³-hybridized carbons (Fsp3) is 0.375. The van der Waals surface area contributed by atoms with Crippen LogP contribution in [0.2, 0.25) is 0 Å². The van der Waals surface area contributed by atoms with E-state index in [0.717, 1.165) is 0 Å². The molecular formula is C8H11N3O3. The molecule has 0 saturated heterocycles. The first kappa shape index (κ1) is 10.4. The Kier molecular flexibility index (Phi) is 3.81. The summed E-state index contributed by atoms with van der Waals surface area (Å²) in [7, 11) is 0. The number of ether oxygens (including phenoxy) is 1. The molecule has 0 aliphatic rings. The molecule has 6 nitrogen and oxygen atoms in total. The van der Waals surface area contributed by atoms with Crippen LogP contribution in [0.25, 0.3) is 0 Å². The number of hydrogen-bond donors (Lipinski definition) is 1. The fourth-order valence-corrected chi connectivity index (χ4v) is 0.852. The Morgan fingerprint density at radius 3 is 3.07 bits per heavy atom. The Hall–Kier alpha value is -1.69. The van der Waals surface area contributed by atoms with Gasteiger partial charge in [-0.3, -0.25) is 10.1 Å². The van der Waals surface area contributed by atoms with Gasteiger partial charge in [0.05, 0.1) is 17.6 Å². The molecule has 1 aromatic rings. The molecule has 1 rings (SSSR count). The maximum Gasteiger partial charge on any atom is 0.276 e. The second kappa shape index (κ2) is 5.13. The van der Waals surface area contributed by atoms with E-state index >= 15 is 0 Å². The summed E-state index contributed by atoms with van der Waals surface area (Å²) in [6.45, 7) is 0.944. The molecule has 0 unspecified atom stereocenters. The van der Waals surface area contributed by atoms with E-state index in [9.17, 15) is 10.1 Å². The summed E-state index contributed by atoms with van der Waals surface area (Å²) in [5.74, 6) is 0.257. The van der Waals surface area contributed by atoms with Gasteiger partial charge in [-0.15, -0.1) is 0 Å². The van der Waals surface area contributed by atoms with Gasteiger partial charge in [-0.05, 0) is 13.0 Å². The summed E-state index contributed by atoms with van der Waals surface area (Å²) in [6, 6.07) is 2.60. The van der Waals surface area contributed by atoms with Gasteiger partial charge in [0.1, 0.15) is 0 Å². The van der Waals surface area contributed by atoms with Gasteiger partial charge in [-0.1, -0.05) is 0 Å². The van der Waals surface area contributed by atoms with Crippen molar-refractivity contribution in [3.05, 3.63) is 28.4 Å². The number of hydrogen-bond acceptors (Lipinski definition) is 5. The highest BCUT2D eigenvalue weighted by Gasteiger charge is 2.06. The maximum atomic E-state index is 10.4. The van der Waals surface area contributed by atoms with Crippen LogP contribution >= 0.6 is 0 Å². The van der Waals surface area contributed by atoms with Crippen molar-refractivity contribution in [1.82, 2.24) is 4.98 Å². The summed E-state index contributed by atoms with van der Waals surface area (Å²) >= 11 is 0. The van der Waals surface area contributed by atoms with Gasteiger partial charge in [0.15, 0.2) is 0 Å². The molecule has 0 aliphatic heterocycles. The molecule has 76 valence electrons. The average molecular weight is 197 g/mol. The number of nitro groups is 1. The standard InChI is InChI=1S/C8H11N3O3/c9-3-1-5-14-8-6-7(11(12)13)2-4-10-8/h2,4,6H,1,3,5,9H2. The third-order valence-corrected chi connectivity index (χ3v) is 1.53. The average Bonchev–Trinajstić information content (AvgIpc) is 2.19. The Morgan fingerprint density at radius 1 is 1.64 bits per heavy atom. The van der Waals surface area contributed by atoms with Crippen molar-refractivity contribution in [2.45, 2.75) is 6.42 Å². The largest absolute Gasteiger partial charge is 0.477 e. The monoisotopic (exact) mass is 197 g/mol. The lowest BCUT2D eigenvalue weighted by Crippen LogP contribution is -2.06. The molecule has 0 aliphatic carbocycles. The lowest BCUT2D eigenvalue weighted by molar-refractivity contribution is -0.385. The lowest BCUT2D eigenvalue weighted by Gasteiger charge is -2.02. The summed E-state index contributed by atoms with van der Waals surface area (Å²) in [5, 5.41) is 10.4. The van der Waals surface area contributed by atoms with E-state index in [4.69, 9.17) is 10.5 Å². The first-order valence-corrected chi connectivity index (χ1v) is 4.17. The van der Waals surface area contributed by atoms with Gasteiger partial charge in [-0.2, -0.15) is 0 Å². The summed E-state index contributed by atoms with van der Waals surface area (Å²) in [4.78, 5) is 13.7. The highest BCUT2D eigenvalue weighted by molar-refractivity contribution is 5.32. The quantitative estimate of drug-likeness (QED) is 0.426. The number of nitrogens with two attached hydrogens (primary N) is 1. The van der Waals surface area contributed by atoms with Gasteiger partial charge in [0.25, 0.3) is 5.69 Å². The van der Waals surface area contributed by atoms with Crippen LogP contribution in [-0.2, 0) is 0 Å². The number of rotatable bonds is 5. The molecule has 6 heteroatoms. The zero-order valence-electron chi connectivity index (χ0n) is 7.55. The van der Waals surface area contributed by atoms with Gasteiger partial charge >= 0.3 is 0 Å². The Balaban J connectivity index is 2.59. The van der Waals surface area contributed by atoms with E-state index in [1.807, 2.05) is 0 Å². The minimum absolute atomic E-state index is 0.0252. The zero-order chi connectivity index (χ0) is 10.4. The minimum Gasteiger partial charge on any atom is -0.477 e.